The molecule has 1 aliphatic heterocycles. The van der Waals surface area contributed by atoms with E-state index in [0.29, 0.717) is 11.2 Å². The lowest BCUT2D eigenvalue weighted by Crippen LogP contribution is -2.57. The van der Waals surface area contributed by atoms with Crippen LogP contribution in [0.4, 0.5) is 0 Å². The Morgan fingerprint density at radius 2 is 2.12 bits per heavy atom. The van der Waals surface area contributed by atoms with E-state index < -0.39 is 0 Å². The molecule has 1 spiro atoms. The van der Waals surface area contributed by atoms with Crippen molar-refractivity contribution in [1.29, 1.82) is 0 Å². The smallest absolute Gasteiger partial charge is 0.155 e. The summed E-state index contributed by atoms with van der Waals surface area (Å²) >= 11 is 0. The van der Waals surface area contributed by atoms with Crippen molar-refractivity contribution in [2.75, 3.05) is 6.61 Å². The topological polar surface area (TPSA) is 26.3 Å². The minimum Gasteiger partial charge on any atom is -0.374 e. The number of ketones is 1. The Bertz CT molecular complexity index is 672. The van der Waals surface area contributed by atoms with Gasteiger partial charge in [-0.2, -0.15) is 0 Å². The summed E-state index contributed by atoms with van der Waals surface area (Å²) in [5.41, 5.74) is 2.25. The summed E-state index contributed by atoms with van der Waals surface area (Å²) in [5.74, 6) is 6.35. The van der Waals surface area contributed by atoms with Gasteiger partial charge in [0.05, 0.1) is 5.60 Å². The summed E-state index contributed by atoms with van der Waals surface area (Å²) in [5, 5.41) is 0. The first kappa shape index (κ1) is 16.3. The van der Waals surface area contributed by atoms with E-state index in [-0.39, 0.29) is 5.60 Å². The highest BCUT2D eigenvalue weighted by Gasteiger charge is 2.78. The molecule has 2 heteroatoms. The molecule has 2 nitrogen and oxygen atoms in total. The molecule has 1 saturated heterocycles. The average Bonchev–Trinajstić information content (AvgIpc) is 3.21. The first-order valence-corrected chi connectivity index (χ1v) is 11.5. The Balaban J connectivity index is 1.42. The van der Waals surface area contributed by atoms with E-state index in [4.69, 9.17) is 4.74 Å². The molecule has 142 valence electrons. The van der Waals surface area contributed by atoms with Crippen molar-refractivity contribution in [3.63, 3.8) is 0 Å². The lowest BCUT2D eigenvalue weighted by Gasteiger charge is -2.60. The minimum absolute atomic E-state index is 0.250. The van der Waals surface area contributed by atoms with Crippen molar-refractivity contribution in [3.05, 3.63) is 11.6 Å². The number of allylic oxidation sites excluding steroid dienone is 1. The van der Waals surface area contributed by atoms with Crippen LogP contribution in [0.15, 0.2) is 11.6 Å². The molecule has 5 fully saturated rings. The minimum atomic E-state index is 0.250. The number of fused-ring (bicyclic) bond motifs is 9. The van der Waals surface area contributed by atoms with E-state index in [2.05, 4.69) is 19.9 Å². The van der Waals surface area contributed by atoms with E-state index >= 15 is 0 Å². The predicted octanol–water partition coefficient (Wildman–Crippen LogP) is 5.17. The van der Waals surface area contributed by atoms with Gasteiger partial charge in [0.15, 0.2) is 5.78 Å². The van der Waals surface area contributed by atoms with Crippen molar-refractivity contribution in [2.45, 2.75) is 77.2 Å². The maximum absolute atomic E-state index is 12.0. The summed E-state index contributed by atoms with van der Waals surface area (Å²) in [6, 6.07) is 0. The zero-order valence-electron chi connectivity index (χ0n) is 16.5. The summed E-state index contributed by atoms with van der Waals surface area (Å²) in [6.07, 6.45) is 13.4. The second-order valence-electron chi connectivity index (χ2n) is 10.7. The quantitative estimate of drug-likeness (QED) is 0.649. The molecule has 0 radical (unpaired) electrons. The lowest BCUT2D eigenvalue weighted by molar-refractivity contribution is -0.165. The highest BCUT2D eigenvalue weighted by atomic mass is 16.5. The average molecular weight is 355 g/mol. The van der Waals surface area contributed by atoms with Gasteiger partial charge >= 0.3 is 0 Å². The van der Waals surface area contributed by atoms with Crippen LogP contribution in [0.25, 0.3) is 0 Å². The molecule has 0 N–H and O–H groups in total. The standard InChI is InChI=1S/C24H34O2/c1-3-23-9-7-18-17-6-5-16(25)12-15(17)11-14(2)21(18)22(23)19-13-20(19)24(23)8-4-10-26-24/h12,14,17-22H,3-11,13H2,1-2H3/t14-,17+,18-,19-,20+,21-,22+,23+,24+/m1/s1. The number of hydrogen-bond acceptors (Lipinski definition) is 2. The number of hydrogen-bond donors (Lipinski definition) is 0. The van der Waals surface area contributed by atoms with Gasteiger partial charge in [0, 0.05) is 18.4 Å². The molecule has 9 atom stereocenters. The van der Waals surface area contributed by atoms with Crippen molar-refractivity contribution in [1.82, 2.24) is 0 Å². The fourth-order valence-electron chi connectivity index (χ4n) is 9.50. The molecule has 0 aromatic rings. The second kappa shape index (κ2) is 5.25. The van der Waals surface area contributed by atoms with Gasteiger partial charge < -0.3 is 4.74 Å². The Kier molecular flexibility index (Phi) is 3.30. The third-order valence-electron chi connectivity index (χ3n) is 10.2. The van der Waals surface area contributed by atoms with Gasteiger partial charge in [0.1, 0.15) is 0 Å². The molecule has 0 bridgehead atoms. The summed E-state index contributed by atoms with van der Waals surface area (Å²) in [6.45, 7) is 6.00. The van der Waals surface area contributed by atoms with Crippen LogP contribution in [0.3, 0.4) is 0 Å². The summed E-state index contributed by atoms with van der Waals surface area (Å²) in [7, 11) is 0. The molecule has 5 aliphatic carbocycles. The van der Waals surface area contributed by atoms with Gasteiger partial charge in [-0.15, -0.1) is 0 Å². The molecular formula is C24H34O2. The van der Waals surface area contributed by atoms with Crippen LogP contribution in [0.2, 0.25) is 0 Å². The predicted molar refractivity (Wildman–Crippen MR) is 102 cm³/mol. The van der Waals surface area contributed by atoms with Crippen LogP contribution in [0, 0.1) is 46.8 Å². The SMILES string of the molecule is CC[C@]12CC[C@H]3[C@H]([C@@H]1[C@@H]1C[C@@H]1[C@@]21CCCO1)[C@H](C)CC1=CC(=O)CC[C@@H]13. The number of ether oxygens (including phenoxy) is 1. The van der Waals surface area contributed by atoms with Gasteiger partial charge in [0.2, 0.25) is 0 Å². The van der Waals surface area contributed by atoms with Crippen LogP contribution in [-0.2, 0) is 9.53 Å². The van der Waals surface area contributed by atoms with Gasteiger partial charge in [0.25, 0.3) is 0 Å². The third kappa shape index (κ3) is 1.77. The maximum atomic E-state index is 12.0. The molecule has 0 aromatic heterocycles. The van der Waals surface area contributed by atoms with E-state index in [1.807, 2.05) is 0 Å². The van der Waals surface area contributed by atoms with E-state index in [0.717, 1.165) is 60.9 Å². The van der Waals surface area contributed by atoms with Gasteiger partial charge in [-0.3, -0.25) is 4.79 Å². The largest absolute Gasteiger partial charge is 0.374 e. The zero-order chi connectivity index (χ0) is 17.7. The highest BCUT2D eigenvalue weighted by molar-refractivity contribution is 5.91. The normalized spacial score (nSPS) is 57.2. The Hall–Kier alpha value is -0.630. The van der Waals surface area contributed by atoms with E-state index in [1.165, 1.54) is 50.5 Å². The van der Waals surface area contributed by atoms with Crippen molar-refractivity contribution in [3.8, 4) is 0 Å². The highest BCUT2D eigenvalue weighted by Crippen LogP contribution is 2.79. The van der Waals surface area contributed by atoms with Crippen LogP contribution >= 0.6 is 0 Å². The van der Waals surface area contributed by atoms with Crippen molar-refractivity contribution in [2.24, 2.45) is 46.8 Å². The van der Waals surface area contributed by atoms with Crippen LogP contribution in [0.1, 0.15) is 71.6 Å². The Labute approximate surface area is 158 Å². The van der Waals surface area contributed by atoms with Gasteiger partial charge in [-0.1, -0.05) is 19.4 Å². The lowest BCUT2D eigenvalue weighted by atomic mass is 9.46. The van der Waals surface area contributed by atoms with Gasteiger partial charge in [-0.05, 0) is 98.9 Å². The molecule has 0 unspecified atom stereocenters. The van der Waals surface area contributed by atoms with Crippen LogP contribution < -0.4 is 0 Å². The number of carbonyl (C=O) groups is 1. The summed E-state index contributed by atoms with van der Waals surface area (Å²) in [4.78, 5) is 12.0. The molecule has 0 aromatic carbocycles. The van der Waals surface area contributed by atoms with Gasteiger partial charge in [-0.25, -0.2) is 0 Å². The maximum Gasteiger partial charge on any atom is 0.155 e. The molecule has 0 amide bonds. The first-order valence-electron chi connectivity index (χ1n) is 11.5. The van der Waals surface area contributed by atoms with Crippen LogP contribution in [-0.4, -0.2) is 18.0 Å². The molecular weight excluding hydrogens is 320 g/mol. The molecule has 6 rings (SSSR count). The molecule has 26 heavy (non-hydrogen) atoms. The second-order valence-corrected chi connectivity index (χ2v) is 10.7. The number of rotatable bonds is 1. The van der Waals surface area contributed by atoms with Crippen molar-refractivity contribution >= 4 is 5.78 Å². The Morgan fingerprint density at radius 3 is 2.88 bits per heavy atom. The molecule has 1 heterocycles. The fourth-order valence-corrected chi connectivity index (χ4v) is 9.50. The molecule has 6 aliphatic rings. The Morgan fingerprint density at radius 1 is 1.23 bits per heavy atom. The van der Waals surface area contributed by atoms with E-state index in [9.17, 15) is 4.79 Å². The summed E-state index contributed by atoms with van der Waals surface area (Å²) < 4.78 is 6.70. The third-order valence-corrected chi connectivity index (χ3v) is 10.2. The van der Waals surface area contributed by atoms with Crippen molar-refractivity contribution < 1.29 is 9.53 Å². The van der Waals surface area contributed by atoms with E-state index in [1.54, 1.807) is 0 Å². The first-order chi connectivity index (χ1) is 12.6. The zero-order valence-corrected chi connectivity index (χ0v) is 16.5. The molecule has 4 saturated carbocycles. The van der Waals surface area contributed by atoms with Crippen LogP contribution in [0.5, 0.6) is 0 Å². The monoisotopic (exact) mass is 354 g/mol. The number of carbonyl (C=O) groups excluding carboxylic acids is 1. The fraction of sp³-hybridized carbons (Fsp3) is 0.875.